The van der Waals surface area contributed by atoms with Crippen molar-refractivity contribution in [1.82, 2.24) is 0 Å². The number of hydrogen-bond donors (Lipinski definition) is 0. The Morgan fingerprint density at radius 2 is 2.09 bits per heavy atom. The van der Waals surface area contributed by atoms with Crippen LogP contribution in [0.2, 0.25) is 0 Å². The highest BCUT2D eigenvalue weighted by Gasteiger charge is 2.25. The van der Waals surface area contributed by atoms with E-state index in [0.717, 1.165) is 5.92 Å². The minimum Gasteiger partial charge on any atom is -0.377 e. The summed E-state index contributed by atoms with van der Waals surface area (Å²) in [5.41, 5.74) is 1.47. The molecule has 0 saturated heterocycles. The van der Waals surface area contributed by atoms with E-state index >= 15 is 0 Å². The molecule has 1 nitrogen and oxygen atoms in total. The zero-order chi connectivity index (χ0) is 8.43. The largest absolute Gasteiger partial charge is 0.377 e. The third kappa shape index (κ3) is 1.84. The lowest BCUT2D eigenvalue weighted by atomic mass is 9.80. The Balaban J connectivity index is 2.70. The fourth-order valence-corrected chi connectivity index (χ4v) is 1.80. The number of rotatable bonds is 1. The Hall–Kier alpha value is -0.300. The summed E-state index contributed by atoms with van der Waals surface area (Å²) in [6.07, 6.45) is 3.84. The molecule has 0 fully saturated rings. The quantitative estimate of drug-likeness (QED) is 0.527. The molecule has 0 spiro atoms. The second-order valence-electron chi connectivity index (χ2n) is 3.75. The molecule has 0 amide bonds. The van der Waals surface area contributed by atoms with Gasteiger partial charge in [-0.15, -0.1) is 0 Å². The van der Waals surface area contributed by atoms with Crippen LogP contribution in [-0.4, -0.2) is 13.2 Å². The average Bonchev–Trinajstić information content (AvgIpc) is 1.96. The lowest BCUT2D eigenvalue weighted by Crippen LogP contribution is -2.28. The van der Waals surface area contributed by atoms with Gasteiger partial charge in [0, 0.05) is 7.11 Å². The first-order valence-corrected chi connectivity index (χ1v) is 4.35. The van der Waals surface area contributed by atoms with Crippen molar-refractivity contribution in [3.8, 4) is 0 Å². The van der Waals surface area contributed by atoms with Crippen molar-refractivity contribution in [3.63, 3.8) is 0 Å². The fourth-order valence-electron chi connectivity index (χ4n) is 1.80. The predicted molar refractivity (Wildman–Crippen MR) is 47.5 cm³/mol. The Bertz CT molecular complexity index is 160. The maximum atomic E-state index is 5.37. The van der Waals surface area contributed by atoms with Gasteiger partial charge in [-0.2, -0.15) is 0 Å². The molecule has 0 aromatic heterocycles. The van der Waals surface area contributed by atoms with Gasteiger partial charge in [-0.3, -0.25) is 0 Å². The maximum Gasteiger partial charge on any atom is 0.0782 e. The first-order chi connectivity index (χ1) is 5.15. The summed E-state index contributed by atoms with van der Waals surface area (Å²) in [6, 6.07) is 0. The zero-order valence-electron chi connectivity index (χ0n) is 7.92. The van der Waals surface area contributed by atoms with Crippen LogP contribution in [0.5, 0.6) is 0 Å². The summed E-state index contributed by atoms with van der Waals surface area (Å²) in [6.45, 7) is 6.75. The van der Waals surface area contributed by atoms with Crippen LogP contribution in [0.3, 0.4) is 0 Å². The normalized spacial score (nSPS) is 38.5. The molecule has 3 atom stereocenters. The van der Waals surface area contributed by atoms with Gasteiger partial charge in [0.05, 0.1) is 6.10 Å². The van der Waals surface area contributed by atoms with E-state index in [1.54, 1.807) is 7.11 Å². The molecule has 0 aromatic carbocycles. The van der Waals surface area contributed by atoms with Gasteiger partial charge >= 0.3 is 0 Å². The molecule has 0 unspecified atom stereocenters. The first kappa shape index (κ1) is 8.79. The average molecular weight is 154 g/mol. The monoisotopic (exact) mass is 154 g/mol. The Kier molecular flexibility index (Phi) is 2.72. The molecule has 1 aliphatic carbocycles. The molecule has 0 aliphatic heterocycles. The van der Waals surface area contributed by atoms with E-state index in [1.165, 1.54) is 12.0 Å². The summed E-state index contributed by atoms with van der Waals surface area (Å²) in [5.74, 6) is 1.44. The lowest BCUT2D eigenvalue weighted by Gasteiger charge is -2.31. The highest BCUT2D eigenvalue weighted by atomic mass is 16.5. The van der Waals surface area contributed by atoms with Crippen LogP contribution in [0, 0.1) is 11.8 Å². The Morgan fingerprint density at radius 1 is 1.45 bits per heavy atom. The van der Waals surface area contributed by atoms with Gasteiger partial charge in [0.15, 0.2) is 0 Å². The molecule has 0 bridgehead atoms. The van der Waals surface area contributed by atoms with Gasteiger partial charge in [0.25, 0.3) is 0 Å². The van der Waals surface area contributed by atoms with E-state index in [0.29, 0.717) is 12.0 Å². The Labute approximate surface area is 69.4 Å². The van der Waals surface area contributed by atoms with Gasteiger partial charge in [-0.25, -0.2) is 0 Å². The minimum absolute atomic E-state index is 0.346. The SMILES string of the molecule is CO[C@@H]1C=C(C)C[C@H](C)[C@H]1C. The molecule has 0 aromatic rings. The standard InChI is InChI=1S/C10H18O/c1-7-5-8(2)9(3)10(6-7)11-4/h6,8-10H,5H2,1-4H3/t8-,9+,10+/m0/s1. The molecule has 0 saturated carbocycles. The summed E-state index contributed by atoms with van der Waals surface area (Å²) >= 11 is 0. The van der Waals surface area contributed by atoms with Gasteiger partial charge in [-0.1, -0.05) is 25.5 Å². The highest BCUT2D eigenvalue weighted by Crippen LogP contribution is 2.30. The smallest absolute Gasteiger partial charge is 0.0782 e. The molecular formula is C10H18O. The lowest BCUT2D eigenvalue weighted by molar-refractivity contribution is 0.0657. The molecule has 0 heterocycles. The van der Waals surface area contributed by atoms with Crippen LogP contribution in [0.4, 0.5) is 0 Å². The Morgan fingerprint density at radius 3 is 2.64 bits per heavy atom. The van der Waals surface area contributed by atoms with Crippen molar-refractivity contribution in [2.24, 2.45) is 11.8 Å². The van der Waals surface area contributed by atoms with Crippen molar-refractivity contribution in [1.29, 1.82) is 0 Å². The second-order valence-corrected chi connectivity index (χ2v) is 3.75. The minimum atomic E-state index is 0.346. The summed E-state index contributed by atoms with van der Waals surface area (Å²) in [5, 5.41) is 0. The van der Waals surface area contributed by atoms with E-state index in [-0.39, 0.29) is 0 Å². The van der Waals surface area contributed by atoms with Crippen molar-refractivity contribution >= 4 is 0 Å². The number of hydrogen-bond acceptors (Lipinski definition) is 1. The molecule has 64 valence electrons. The molecule has 1 heteroatoms. The molecule has 0 radical (unpaired) electrons. The summed E-state index contributed by atoms with van der Waals surface area (Å²) in [4.78, 5) is 0. The van der Waals surface area contributed by atoms with Gasteiger partial charge in [0.2, 0.25) is 0 Å². The molecule has 0 N–H and O–H groups in total. The van der Waals surface area contributed by atoms with Gasteiger partial charge in [-0.05, 0) is 25.2 Å². The molecule has 11 heavy (non-hydrogen) atoms. The van der Waals surface area contributed by atoms with E-state index in [2.05, 4.69) is 26.8 Å². The molecular weight excluding hydrogens is 136 g/mol. The van der Waals surface area contributed by atoms with Crippen molar-refractivity contribution in [3.05, 3.63) is 11.6 Å². The number of allylic oxidation sites excluding steroid dienone is 1. The third-order valence-electron chi connectivity index (χ3n) is 2.78. The van der Waals surface area contributed by atoms with Gasteiger partial charge in [0.1, 0.15) is 0 Å². The van der Waals surface area contributed by atoms with Crippen LogP contribution in [0.1, 0.15) is 27.2 Å². The van der Waals surface area contributed by atoms with Crippen LogP contribution in [-0.2, 0) is 4.74 Å². The van der Waals surface area contributed by atoms with Crippen LogP contribution in [0.25, 0.3) is 0 Å². The third-order valence-corrected chi connectivity index (χ3v) is 2.78. The second kappa shape index (κ2) is 3.40. The summed E-state index contributed by atoms with van der Waals surface area (Å²) in [7, 11) is 1.79. The number of methoxy groups -OCH3 is 1. The van der Waals surface area contributed by atoms with Crippen LogP contribution < -0.4 is 0 Å². The topological polar surface area (TPSA) is 9.23 Å². The van der Waals surface area contributed by atoms with Gasteiger partial charge < -0.3 is 4.74 Å². The van der Waals surface area contributed by atoms with Crippen molar-refractivity contribution in [2.75, 3.05) is 7.11 Å². The van der Waals surface area contributed by atoms with Crippen LogP contribution in [0.15, 0.2) is 11.6 Å². The van der Waals surface area contributed by atoms with E-state index in [4.69, 9.17) is 4.74 Å². The number of ether oxygens (including phenoxy) is 1. The first-order valence-electron chi connectivity index (χ1n) is 4.35. The van der Waals surface area contributed by atoms with E-state index in [1.807, 2.05) is 0 Å². The van der Waals surface area contributed by atoms with Crippen molar-refractivity contribution in [2.45, 2.75) is 33.3 Å². The van der Waals surface area contributed by atoms with Crippen molar-refractivity contribution < 1.29 is 4.74 Å². The summed E-state index contributed by atoms with van der Waals surface area (Å²) < 4.78 is 5.37. The highest BCUT2D eigenvalue weighted by molar-refractivity contribution is 5.09. The van der Waals surface area contributed by atoms with E-state index < -0.39 is 0 Å². The zero-order valence-corrected chi connectivity index (χ0v) is 7.92. The maximum absolute atomic E-state index is 5.37. The molecule has 1 rings (SSSR count). The molecule has 1 aliphatic rings. The fraction of sp³-hybridized carbons (Fsp3) is 0.800. The van der Waals surface area contributed by atoms with Crippen LogP contribution >= 0.6 is 0 Å². The predicted octanol–water partition coefficient (Wildman–Crippen LogP) is 2.62. The van der Waals surface area contributed by atoms with E-state index in [9.17, 15) is 0 Å².